The first-order valence-electron chi connectivity index (χ1n) is 12.5. The van der Waals surface area contributed by atoms with Gasteiger partial charge in [-0.25, -0.2) is 22.5 Å². The normalized spacial score (nSPS) is 14.4. The van der Waals surface area contributed by atoms with Gasteiger partial charge in [-0.2, -0.15) is 13.2 Å². The Labute approximate surface area is 249 Å². The van der Waals surface area contributed by atoms with Crippen LogP contribution >= 0.6 is 11.6 Å². The average molecular weight is 647 g/mol. The number of carbonyl (C=O) groups is 1. The van der Waals surface area contributed by atoms with Crippen molar-refractivity contribution in [3.05, 3.63) is 81.9 Å². The Kier molecular flexibility index (Phi) is 8.79. The van der Waals surface area contributed by atoms with E-state index < -0.39 is 58.8 Å². The highest BCUT2D eigenvalue weighted by Gasteiger charge is 2.51. The molecule has 4 aromatic rings. The fourth-order valence-electron chi connectivity index (χ4n) is 4.19. The van der Waals surface area contributed by atoms with Gasteiger partial charge in [-0.3, -0.25) is 4.79 Å². The number of fused-ring (bicyclic) bond motifs is 1. The quantitative estimate of drug-likeness (QED) is 0.161. The van der Waals surface area contributed by atoms with E-state index in [0.29, 0.717) is 6.07 Å². The van der Waals surface area contributed by atoms with E-state index in [1.165, 1.54) is 26.0 Å². The lowest BCUT2D eigenvalue weighted by atomic mass is 9.90. The Morgan fingerprint density at radius 1 is 0.977 bits per heavy atom. The van der Waals surface area contributed by atoms with Gasteiger partial charge in [0, 0.05) is 22.1 Å². The number of alkyl halides is 6. The third-order valence-corrected chi connectivity index (χ3v) is 6.93. The Hall–Kier alpha value is -4.08. The smallest absolute Gasteiger partial charge is 0.435 e. The summed E-state index contributed by atoms with van der Waals surface area (Å²) in [4.78, 5) is 16.9. The Bertz CT molecular complexity index is 1720. The summed E-state index contributed by atoms with van der Waals surface area (Å²) in [7, 11) is 1.11. The van der Waals surface area contributed by atoms with Crippen LogP contribution in [0.2, 0.25) is 5.02 Å². The molecule has 3 N–H and O–H groups in total. The number of hydrogen-bond acceptors (Lipinski definition) is 7. The summed E-state index contributed by atoms with van der Waals surface area (Å²) in [5.74, 6) is -2.34. The Morgan fingerprint density at radius 3 is 2.16 bits per heavy atom. The molecule has 0 spiro atoms. The summed E-state index contributed by atoms with van der Waals surface area (Å²) < 4.78 is 103. The summed E-state index contributed by atoms with van der Waals surface area (Å²) in [6.45, 7) is 2.45. The van der Waals surface area contributed by atoms with E-state index >= 15 is 4.39 Å². The molecule has 2 aromatic carbocycles. The van der Waals surface area contributed by atoms with Gasteiger partial charge in [0.05, 0.1) is 29.1 Å². The number of nitrogens with one attached hydrogen (secondary N) is 1. The van der Waals surface area contributed by atoms with Gasteiger partial charge in [-0.15, -0.1) is 10.2 Å². The molecule has 2 aromatic heterocycles. The summed E-state index contributed by atoms with van der Waals surface area (Å²) in [5, 5.41) is 29.3. The van der Waals surface area contributed by atoms with Crippen LogP contribution in [-0.4, -0.2) is 51.1 Å². The second-order valence-electron chi connectivity index (χ2n) is 10.1. The summed E-state index contributed by atoms with van der Waals surface area (Å²) in [6.07, 6.45) is -12.1. The highest BCUT2D eigenvalue weighted by atomic mass is 35.5. The molecular weight excluding hydrogens is 625 g/mol. The molecule has 44 heavy (non-hydrogen) atoms. The Morgan fingerprint density at radius 2 is 1.61 bits per heavy atom. The van der Waals surface area contributed by atoms with Gasteiger partial charge in [-0.1, -0.05) is 11.6 Å². The number of ether oxygens (including phenoxy) is 1. The molecule has 16 heteroatoms. The first-order chi connectivity index (χ1) is 20.4. The number of aliphatic hydroxyl groups is 2. The van der Waals surface area contributed by atoms with E-state index in [2.05, 4.69) is 15.2 Å². The molecule has 8 nitrogen and oxygen atoms in total. The highest BCUT2D eigenvalue weighted by Crippen LogP contribution is 2.41. The number of methoxy groups -OCH3 is 1. The molecular formula is C28H22ClF7N4O4. The molecule has 234 valence electrons. The van der Waals surface area contributed by atoms with Gasteiger partial charge in [0.2, 0.25) is 11.9 Å². The van der Waals surface area contributed by atoms with Gasteiger partial charge in [-0.05, 0) is 62.4 Å². The van der Waals surface area contributed by atoms with Crippen LogP contribution < -0.4 is 10.1 Å². The van der Waals surface area contributed by atoms with Crippen LogP contribution in [0.15, 0.2) is 48.5 Å². The molecule has 0 saturated carbocycles. The van der Waals surface area contributed by atoms with Crippen LogP contribution in [0.25, 0.3) is 22.2 Å². The van der Waals surface area contributed by atoms with Crippen LogP contribution in [0.4, 0.5) is 30.7 Å². The molecule has 2 atom stereocenters. The third-order valence-electron chi connectivity index (χ3n) is 6.55. The maximum Gasteiger partial charge on any atom is 0.435 e. The predicted octanol–water partition coefficient (Wildman–Crippen LogP) is 5.92. The average Bonchev–Trinajstić information content (AvgIpc) is 2.95. The predicted molar refractivity (Wildman–Crippen MR) is 143 cm³/mol. The van der Waals surface area contributed by atoms with Crippen LogP contribution in [0, 0.1) is 5.82 Å². The second kappa shape index (κ2) is 11.8. The van der Waals surface area contributed by atoms with E-state index in [0.717, 1.165) is 37.4 Å². The molecule has 4 rings (SSSR count). The maximum atomic E-state index is 15.7. The maximum absolute atomic E-state index is 15.7. The van der Waals surface area contributed by atoms with E-state index in [4.69, 9.17) is 16.3 Å². The molecule has 0 fully saturated rings. The molecule has 2 heterocycles. The van der Waals surface area contributed by atoms with E-state index in [1.807, 2.05) is 0 Å². The number of aromatic nitrogens is 3. The van der Waals surface area contributed by atoms with E-state index in [-0.39, 0.29) is 38.5 Å². The topological polar surface area (TPSA) is 117 Å². The summed E-state index contributed by atoms with van der Waals surface area (Å²) in [5.41, 5.74) is -9.41. The first kappa shape index (κ1) is 32.8. The lowest BCUT2D eigenvalue weighted by molar-refractivity contribution is -0.154. The first-order valence-corrected chi connectivity index (χ1v) is 12.8. The molecule has 0 aliphatic carbocycles. The fraction of sp³-hybridized carbons (Fsp3) is 0.286. The standard InChI is InChI=1S/C28H22ClF7N4O4/c1-26(2,42)16-11-18(37-22(20(16)29)12-4-6-15(30)7-5-12)27(43,24(31)32)25(33)38-23(41)14-8-13-10-19(28(34,35)36)39-40-21(13)17(9-14)44-3/h4-11,24-25,42-43H,1-3H3,(H,38,41). The monoisotopic (exact) mass is 646 g/mol. The fourth-order valence-corrected chi connectivity index (χ4v) is 4.63. The van der Waals surface area contributed by atoms with Crippen molar-refractivity contribution in [3.63, 3.8) is 0 Å². The lowest BCUT2D eigenvalue weighted by Crippen LogP contribution is -2.53. The van der Waals surface area contributed by atoms with Crippen molar-refractivity contribution in [2.45, 2.75) is 43.9 Å². The van der Waals surface area contributed by atoms with Crippen molar-refractivity contribution in [1.82, 2.24) is 20.5 Å². The number of rotatable bonds is 8. The van der Waals surface area contributed by atoms with Crippen molar-refractivity contribution >= 4 is 28.4 Å². The van der Waals surface area contributed by atoms with Crippen LogP contribution in [-0.2, 0) is 17.4 Å². The van der Waals surface area contributed by atoms with Crippen molar-refractivity contribution < 1.29 is 50.5 Å². The van der Waals surface area contributed by atoms with Gasteiger partial charge in [0.1, 0.15) is 17.1 Å². The number of amides is 1. The third kappa shape index (κ3) is 6.25. The van der Waals surface area contributed by atoms with E-state index in [9.17, 15) is 41.4 Å². The molecule has 0 radical (unpaired) electrons. The molecule has 1 amide bonds. The SMILES string of the molecule is COc1cc(C(=O)NC(F)C(O)(c2cc(C(C)(C)O)c(Cl)c(-c3ccc(F)cc3)n2)C(F)F)cc2cc(C(F)(F)F)nnc12. The number of halogens is 8. The second-order valence-corrected chi connectivity index (χ2v) is 10.5. The molecule has 2 unspecified atom stereocenters. The molecule has 0 aliphatic rings. The number of pyridine rings is 1. The minimum atomic E-state index is -4.90. The lowest BCUT2D eigenvalue weighted by Gasteiger charge is -2.32. The van der Waals surface area contributed by atoms with Crippen molar-refractivity contribution in [3.8, 4) is 17.0 Å². The number of hydrogen-bond donors (Lipinski definition) is 3. The largest absolute Gasteiger partial charge is 0.494 e. The summed E-state index contributed by atoms with van der Waals surface area (Å²) >= 11 is 6.39. The van der Waals surface area contributed by atoms with Crippen molar-refractivity contribution in [2.24, 2.45) is 0 Å². The van der Waals surface area contributed by atoms with Crippen LogP contribution in [0.5, 0.6) is 5.75 Å². The number of carbonyl (C=O) groups excluding carboxylic acids is 1. The van der Waals surface area contributed by atoms with Crippen LogP contribution in [0.3, 0.4) is 0 Å². The zero-order chi connectivity index (χ0) is 32.8. The zero-order valence-electron chi connectivity index (χ0n) is 22.8. The minimum absolute atomic E-state index is 0.0596. The molecule has 0 saturated heterocycles. The molecule has 0 aliphatic heterocycles. The van der Waals surface area contributed by atoms with Gasteiger partial charge >= 0.3 is 6.18 Å². The highest BCUT2D eigenvalue weighted by molar-refractivity contribution is 6.34. The summed E-state index contributed by atoms with van der Waals surface area (Å²) in [6, 6.07) is 7.47. The Balaban J connectivity index is 1.80. The van der Waals surface area contributed by atoms with Crippen LogP contribution in [0.1, 0.15) is 41.2 Å². The molecule has 0 bridgehead atoms. The van der Waals surface area contributed by atoms with Crippen molar-refractivity contribution in [1.29, 1.82) is 0 Å². The van der Waals surface area contributed by atoms with Gasteiger partial charge in [0.15, 0.2) is 5.69 Å². The van der Waals surface area contributed by atoms with Gasteiger partial charge in [0.25, 0.3) is 12.3 Å². The van der Waals surface area contributed by atoms with Crippen molar-refractivity contribution in [2.75, 3.05) is 7.11 Å². The minimum Gasteiger partial charge on any atom is -0.494 e. The van der Waals surface area contributed by atoms with E-state index in [1.54, 1.807) is 5.32 Å². The number of benzene rings is 2. The number of nitrogens with zero attached hydrogens (tertiary/aromatic N) is 3. The van der Waals surface area contributed by atoms with Gasteiger partial charge < -0.3 is 20.3 Å². The zero-order valence-corrected chi connectivity index (χ0v) is 23.6.